The van der Waals surface area contributed by atoms with Crippen LogP contribution in [0.4, 0.5) is 11.6 Å². The molecule has 0 atom stereocenters. The molecule has 0 saturated heterocycles. The maximum atomic E-state index is 9.50. The first-order valence-corrected chi connectivity index (χ1v) is 11.2. The second-order valence-electron chi connectivity index (χ2n) is 7.67. The average molecular weight is 443 g/mol. The minimum atomic E-state index is 0.268. The molecule has 0 aliphatic carbocycles. The Morgan fingerprint density at radius 3 is 2.59 bits per heavy atom. The van der Waals surface area contributed by atoms with Gasteiger partial charge < -0.3 is 15.3 Å². The molecule has 0 amide bonds. The maximum Gasteiger partial charge on any atom is 0.163 e. The van der Waals surface area contributed by atoms with Crippen molar-refractivity contribution < 1.29 is 5.11 Å². The van der Waals surface area contributed by atoms with Gasteiger partial charge in [0, 0.05) is 41.7 Å². The van der Waals surface area contributed by atoms with E-state index in [9.17, 15) is 5.11 Å². The van der Waals surface area contributed by atoms with Crippen molar-refractivity contribution in [3.8, 4) is 17.1 Å². The summed E-state index contributed by atoms with van der Waals surface area (Å²) in [6, 6.07) is 15.5. The lowest BCUT2D eigenvalue weighted by atomic mass is 10.1. The van der Waals surface area contributed by atoms with Crippen molar-refractivity contribution in [2.45, 2.75) is 6.42 Å². The predicted molar refractivity (Wildman–Crippen MR) is 131 cm³/mol. The van der Waals surface area contributed by atoms with Crippen LogP contribution in [0.2, 0.25) is 0 Å². The lowest BCUT2D eigenvalue weighted by molar-refractivity contribution is 0.475. The summed E-state index contributed by atoms with van der Waals surface area (Å²) in [6.07, 6.45) is 2.33. The number of aromatic nitrogens is 4. The molecular weight excluding hydrogens is 420 g/mol. The summed E-state index contributed by atoms with van der Waals surface area (Å²) in [4.78, 5) is 20.6. The van der Waals surface area contributed by atoms with Gasteiger partial charge in [0.25, 0.3) is 0 Å². The predicted octanol–water partition coefficient (Wildman–Crippen LogP) is 4.73. The van der Waals surface area contributed by atoms with E-state index in [0.29, 0.717) is 29.2 Å². The Morgan fingerprint density at radius 1 is 0.969 bits per heavy atom. The number of phenols is 1. The standard InChI is InChI=1S/C24H22N6OS/c1-30(2)24-21-20(26-14-27-24)23(25-12-11-15-7-9-16(31)10-8-15)29-22(28-21)18-13-32-19-6-4-3-5-17(18)19/h3-10,13-14,31H,11-12H2,1-2H3,(H,25,28,29). The number of hydrogen-bond acceptors (Lipinski definition) is 8. The summed E-state index contributed by atoms with van der Waals surface area (Å²) >= 11 is 1.68. The Kier molecular flexibility index (Phi) is 5.28. The van der Waals surface area contributed by atoms with E-state index < -0.39 is 0 Å². The van der Waals surface area contributed by atoms with E-state index in [2.05, 4.69) is 32.8 Å². The van der Waals surface area contributed by atoms with E-state index >= 15 is 0 Å². The molecule has 32 heavy (non-hydrogen) atoms. The van der Waals surface area contributed by atoms with Gasteiger partial charge >= 0.3 is 0 Å². The van der Waals surface area contributed by atoms with Gasteiger partial charge in [0.2, 0.25) is 0 Å². The smallest absolute Gasteiger partial charge is 0.163 e. The maximum absolute atomic E-state index is 9.50. The molecule has 7 nitrogen and oxygen atoms in total. The third-order valence-corrected chi connectivity index (χ3v) is 6.21. The van der Waals surface area contributed by atoms with Gasteiger partial charge in [-0.1, -0.05) is 30.3 Å². The van der Waals surface area contributed by atoms with Gasteiger partial charge in [-0.2, -0.15) is 0 Å². The van der Waals surface area contributed by atoms with Crippen LogP contribution in [0.5, 0.6) is 5.75 Å². The van der Waals surface area contributed by atoms with Crippen LogP contribution in [-0.4, -0.2) is 45.7 Å². The number of nitrogens with zero attached hydrogens (tertiary/aromatic N) is 5. The molecule has 0 bridgehead atoms. The summed E-state index contributed by atoms with van der Waals surface area (Å²) in [5.41, 5.74) is 3.53. The number of hydrogen-bond donors (Lipinski definition) is 2. The number of anilines is 2. The molecule has 3 heterocycles. The van der Waals surface area contributed by atoms with E-state index in [1.54, 1.807) is 29.8 Å². The van der Waals surface area contributed by atoms with Crippen LogP contribution in [0.3, 0.4) is 0 Å². The molecule has 0 aliphatic rings. The van der Waals surface area contributed by atoms with Crippen molar-refractivity contribution in [1.29, 1.82) is 0 Å². The first kappa shape index (κ1) is 20.1. The monoisotopic (exact) mass is 442 g/mol. The highest BCUT2D eigenvalue weighted by Gasteiger charge is 2.17. The second-order valence-corrected chi connectivity index (χ2v) is 8.58. The highest BCUT2D eigenvalue weighted by Crippen LogP contribution is 2.34. The zero-order valence-electron chi connectivity index (χ0n) is 17.8. The van der Waals surface area contributed by atoms with Gasteiger partial charge in [-0.3, -0.25) is 0 Å². The number of fused-ring (bicyclic) bond motifs is 2. The van der Waals surface area contributed by atoms with E-state index in [4.69, 9.17) is 9.97 Å². The fourth-order valence-electron chi connectivity index (χ4n) is 3.65. The third-order valence-electron chi connectivity index (χ3n) is 5.25. The molecule has 0 spiro atoms. The van der Waals surface area contributed by atoms with Crippen LogP contribution in [0, 0.1) is 0 Å². The third kappa shape index (κ3) is 3.80. The van der Waals surface area contributed by atoms with E-state index in [1.807, 2.05) is 43.3 Å². The van der Waals surface area contributed by atoms with Crippen molar-refractivity contribution in [2.75, 3.05) is 30.9 Å². The summed E-state index contributed by atoms with van der Waals surface area (Å²) in [5, 5.41) is 16.2. The van der Waals surface area contributed by atoms with Gasteiger partial charge in [-0.25, -0.2) is 19.9 Å². The molecule has 160 valence electrons. The molecule has 5 aromatic rings. The van der Waals surface area contributed by atoms with Gasteiger partial charge in [0.05, 0.1) is 0 Å². The second kappa shape index (κ2) is 8.39. The molecule has 5 rings (SSSR count). The van der Waals surface area contributed by atoms with Crippen molar-refractivity contribution in [2.24, 2.45) is 0 Å². The Hall–Kier alpha value is -3.78. The van der Waals surface area contributed by atoms with Crippen LogP contribution < -0.4 is 10.2 Å². The lowest BCUT2D eigenvalue weighted by Gasteiger charge is -2.15. The molecule has 0 unspecified atom stereocenters. The van der Waals surface area contributed by atoms with Gasteiger partial charge in [-0.05, 0) is 30.2 Å². The molecule has 0 fully saturated rings. The summed E-state index contributed by atoms with van der Waals surface area (Å²) in [6.45, 7) is 0.669. The average Bonchev–Trinajstić information content (AvgIpc) is 3.24. The largest absolute Gasteiger partial charge is 0.508 e. The Balaban J connectivity index is 1.57. The summed E-state index contributed by atoms with van der Waals surface area (Å²) in [5.74, 6) is 2.35. The molecule has 2 N–H and O–H groups in total. The van der Waals surface area contributed by atoms with Crippen LogP contribution in [0.15, 0.2) is 60.2 Å². The van der Waals surface area contributed by atoms with E-state index in [-0.39, 0.29) is 5.75 Å². The van der Waals surface area contributed by atoms with E-state index in [1.165, 1.54) is 4.70 Å². The van der Waals surface area contributed by atoms with Crippen LogP contribution in [-0.2, 0) is 6.42 Å². The molecule has 3 aromatic heterocycles. The Morgan fingerprint density at radius 2 is 1.78 bits per heavy atom. The van der Waals surface area contributed by atoms with Crippen LogP contribution in [0.25, 0.3) is 32.5 Å². The van der Waals surface area contributed by atoms with Crippen molar-refractivity contribution >= 4 is 44.1 Å². The van der Waals surface area contributed by atoms with Crippen molar-refractivity contribution in [3.63, 3.8) is 0 Å². The summed E-state index contributed by atoms with van der Waals surface area (Å²) < 4.78 is 1.20. The highest BCUT2D eigenvalue weighted by atomic mass is 32.1. The summed E-state index contributed by atoms with van der Waals surface area (Å²) in [7, 11) is 3.89. The topological polar surface area (TPSA) is 87.1 Å². The van der Waals surface area contributed by atoms with Crippen LogP contribution in [0.1, 0.15) is 5.56 Å². The zero-order valence-corrected chi connectivity index (χ0v) is 18.6. The minimum absolute atomic E-state index is 0.268. The van der Waals surface area contributed by atoms with Crippen LogP contribution >= 0.6 is 11.3 Å². The van der Waals surface area contributed by atoms with Gasteiger partial charge in [0.15, 0.2) is 17.5 Å². The minimum Gasteiger partial charge on any atom is -0.508 e. The number of phenolic OH excluding ortho intramolecular Hbond substituents is 1. The first-order valence-electron chi connectivity index (χ1n) is 10.3. The highest BCUT2D eigenvalue weighted by molar-refractivity contribution is 7.17. The molecule has 2 aromatic carbocycles. The van der Waals surface area contributed by atoms with Crippen molar-refractivity contribution in [3.05, 3.63) is 65.8 Å². The molecule has 8 heteroatoms. The van der Waals surface area contributed by atoms with E-state index in [0.717, 1.165) is 28.8 Å². The number of thiophene rings is 1. The SMILES string of the molecule is CN(C)c1ncnc2c(NCCc3ccc(O)cc3)nc(-c3csc4ccccc34)nc12. The van der Waals surface area contributed by atoms with Gasteiger partial charge in [0.1, 0.15) is 23.1 Å². The Bertz CT molecular complexity index is 1400. The number of nitrogens with one attached hydrogen (secondary N) is 1. The normalized spacial score (nSPS) is 11.2. The first-order chi connectivity index (χ1) is 15.6. The molecule has 0 saturated carbocycles. The fourth-order valence-corrected chi connectivity index (χ4v) is 4.58. The molecule has 0 aliphatic heterocycles. The molecular formula is C24H22N6OS. The van der Waals surface area contributed by atoms with Gasteiger partial charge in [-0.15, -0.1) is 11.3 Å². The zero-order chi connectivity index (χ0) is 22.1. The fraction of sp³-hybridized carbons (Fsp3) is 0.167. The molecule has 0 radical (unpaired) electrons. The number of benzene rings is 2. The van der Waals surface area contributed by atoms with Crippen molar-refractivity contribution in [1.82, 2.24) is 19.9 Å². The Labute approximate surface area is 189 Å². The lowest BCUT2D eigenvalue weighted by Crippen LogP contribution is -2.14. The number of aromatic hydroxyl groups is 1. The number of rotatable bonds is 6. The quantitative estimate of drug-likeness (QED) is 0.393.